The number of amides is 2. The van der Waals surface area contributed by atoms with Gasteiger partial charge in [0.15, 0.2) is 0 Å². The van der Waals surface area contributed by atoms with E-state index >= 15 is 0 Å². The van der Waals surface area contributed by atoms with Gasteiger partial charge in [-0.2, -0.15) is 0 Å². The molecular formula is C11H18N2O3. The summed E-state index contributed by atoms with van der Waals surface area (Å²) < 4.78 is 4.95. The average molecular weight is 226 g/mol. The summed E-state index contributed by atoms with van der Waals surface area (Å²) in [5, 5.41) is 2.84. The Balaban J connectivity index is 2.09. The second-order valence-electron chi connectivity index (χ2n) is 4.74. The number of hydrogen-bond acceptors (Lipinski definition) is 3. The van der Waals surface area contributed by atoms with Crippen molar-refractivity contribution in [2.24, 2.45) is 5.92 Å². The van der Waals surface area contributed by atoms with Crippen LogP contribution in [-0.2, 0) is 14.3 Å². The molecule has 1 aliphatic heterocycles. The molecule has 2 amide bonds. The Labute approximate surface area is 95.1 Å². The topological polar surface area (TPSA) is 58.6 Å². The molecule has 5 nitrogen and oxygen atoms in total. The quantitative estimate of drug-likeness (QED) is 0.719. The zero-order valence-electron chi connectivity index (χ0n) is 9.78. The van der Waals surface area contributed by atoms with Gasteiger partial charge in [-0.25, -0.2) is 0 Å². The maximum atomic E-state index is 12.2. The Bertz CT molecular complexity index is 314. The molecule has 1 saturated carbocycles. The Morgan fingerprint density at radius 1 is 1.50 bits per heavy atom. The summed E-state index contributed by atoms with van der Waals surface area (Å²) in [7, 11) is 1.59. The van der Waals surface area contributed by atoms with Crippen molar-refractivity contribution in [3.63, 3.8) is 0 Å². The van der Waals surface area contributed by atoms with Crippen molar-refractivity contribution < 1.29 is 14.3 Å². The second-order valence-corrected chi connectivity index (χ2v) is 4.74. The van der Waals surface area contributed by atoms with Gasteiger partial charge in [0, 0.05) is 13.7 Å². The van der Waals surface area contributed by atoms with Crippen LogP contribution in [0.3, 0.4) is 0 Å². The molecule has 90 valence electrons. The van der Waals surface area contributed by atoms with Gasteiger partial charge in [0.1, 0.15) is 5.54 Å². The normalized spacial score (nSPS) is 30.5. The van der Waals surface area contributed by atoms with Gasteiger partial charge in [-0.15, -0.1) is 0 Å². The first-order valence-electron chi connectivity index (χ1n) is 5.67. The lowest BCUT2D eigenvalue weighted by Gasteiger charge is -2.40. The van der Waals surface area contributed by atoms with Gasteiger partial charge in [0.05, 0.1) is 13.2 Å². The molecule has 5 heteroatoms. The molecule has 2 aliphatic rings. The minimum Gasteiger partial charge on any atom is -0.383 e. The van der Waals surface area contributed by atoms with Gasteiger partial charge in [-0.1, -0.05) is 0 Å². The molecule has 1 atom stereocenters. The summed E-state index contributed by atoms with van der Waals surface area (Å²) in [4.78, 5) is 25.4. The molecule has 0 bridgehead atoms. The number of nitrogens with one attached hydrogen (secondary N) is 1. The van der Waals surface area contributed by atoms with Crippen molar-refractivity contribution in [2.45, 2.75) is 25.3 Å². The van der Waals surface area contributed by atoms with Crippen LogP contribution in [0.25, 0.3) is 0 Å². The summed E-state index contributed by atoms with van der Waals surface area (Å²) in [5.41, 5.74) is -0.678. The van der Waals surface area contributed by atoms with Crippen molar-refractivity contribution in [2.75, 3.05) is 26.8 Å². The van der Waals surface area contributed by atoms with Crippen LogP contribution < -0.4 is 5.32 Å². The van der Waals surface area contributed by atoms with Crippen LogP contribution in [0, 0.1) is 5.92 Å². The number of methoxy groups -OCH3 is 1. The van der Waals surface area contributed by atoms with E-state index in [9.17, 15) is 9.59 Å². The molecular weight excluding hydrogens is 208 g/mol. The first kappa shape index (κ1) is 11.4. The molecule has 1 saturated heterocycles. The third-order valence-corrected chi connectivity index (χ3v) is 3.42. The van der Waals surface area contributed by atoms with Crippen molar-refractivity contribution in [1.29, 1.82) is 0 Å². The van der Waals surface area contributed by atoms with E-state index in [2.05, 4.69) is 5.32 Å². The molecule has 0 aromatic rings. The molecule has 16 heavy (non-hydrogen) atoms. The van der Waals surface area contributed by atoms with Gasteiger partial charge in [-0.3, -0.25) is 9.59 Å². The molecule has 1 unspecified atom stereocenters. The van der Waals surface area contributed by atoms with Gasteiger partial charge in [-0.05, 0) is 25.7 Å². The minimum atomic E-state index is -0.678. The van der Waals surface area contributed by atoms with Gasteiger partial charge >= 0.3 is 0 Å². The highest BCUT2D eigenvalue weighted by Gasteiger charge is 2.52. The van der Waals surface area contributed by atoms with Gasteiger partial charge < -0.3 is 15.0 Å². The molecule has 0 radical (unpaired) electrons. The Hall–Kier alpha value is -1.10. The smallest absolute Gasteiger partial charge is 0.248 e. The van der Waals surface area contributed by atoms with Crippen LogP contribution >= 0.6 is 0 Å². The number of hydrogen-bond donors (Lipinski definition) is 1. The van der Waals surface area contributed by atoms with E-state index in [0.717, 1.165) is 12.8 Å². The van der Waals surface area contributed by atoms with E-state index in [1.165, 1.54) is 0 Å². The molecule has 0 aromatic heterocycles. The lowest BCUT2D eigenvalue weighted by atomic mass is 9.91. The van der Waals surface area contributed by atoms with Crippen LogP contribution in [0.5, 0.6) is 0 Å². The molecule has 1 aliphatic carbocycles. The highest BCUT2D eigenvalue weighted by atomic mass is 16.5. The Kier molecular flexibility index (Phi) is 2.88. The zero-order chi connectivity index (χ0) is 11.8. The largest absolute Gasteiger partial charge is 0.383 e. The molecule has 2 rings (SSSR count). The molecule has 2 fully saturated rings. The third-order valence-electron chi connectivity index (χ3n) is 3.42. The summed E-state index contributed by atoms with van der Waals surface area (Å²) in [5.74, 6) is 0.283. The SMILES string of the molecule is COCCN1CC(=O)NC(C)(C2CC2)C1=O. The Morgan fingerprint density at radius 3 is 2.75 bits per heavy atom. The second kappa shape index (κ2) is 4.05. The van der Waals surface area contributed by atoms with Gasteiger partial charge in [0.25, 0.3) is 0 Å². The van der Waals surface area contributed by atoms with Crippen LogP contribution in [0.1, 0.15) is 19.8 Å². The summed E-state index contributed by atoms with van der Waals surface area (Å²) in [6, 6.07) is 0. The summed E-state index contributed by atoms with van der Waals surface area (Å²) in [6.45, 7) is 2.96. The number of rotatable bonds is 4. The van der Waals surface area contributed by atoms with E-state index in [-0.39, 0.29) is 18.4 Å². The van der Waals surface area contributed by atoms with E-state index in [4.69, 9.17) is 4.74 Å². The summed E-state index contributed by atoms with van der Waals surface area (Å²) in [6.07, 6.45) is 2.06. The molecule has 1 N–H and O–H groups in total. The first-order chi connectivity index (χ1) is 7.58. The fourth-order valence-electron chi connectivity index (χ4n) is 2.28. The van der Waals surface area contributed by atoms with Crippen molar-refractivity contribution in [1.82, 2.24) is 10.2 Å². The van der Waals surface area contributed by atoms with E-state index in [0.29, 0.717) is 19.1 Å². The minimum absolute atomic E-state index is 0.0339. The van der Waals surface area contributed by atoms with E-state index in [1.807, 2.05) is 6.92 Å². The number of ether oxygens (including phenoxy) is 1. The van der Waals surface area contributed by atoms with Crippen molar-refractivity contribution in [3.05, 3.63) is 0 Å². The lowest BCUT2D eigenvalue weighted by molar-refractivity contribution is -0.150. The monoisotopic (exact) mass is 226 g/mol. The predicted molar refractivity (Wildman–Crippen MR) is 57.7 cm³/mol. The lowest BCUT2D eigenvalue weighted by Crippen LogP contribution is -2.66. The fourth-order valence-corrected chi connectivity index (χ4v) is 2.28. The Morgan fingerprint density at radius 2 is 2.19 bits per heavy atom. The maximum absolute atomic E-state index is 12.2. The standard InChI is InChI=1S/C11H18N2O3/c1-11(8-3-4-8)10(15)13(5-6-16-2)7-9(14)12-11/h8H,3-7H2,1-2H3,(H,12,14). The fraction of sp³-hybridized carbons (Fsp3) is 0.818. The number of nitrogens with zero attached hydrogens (tertiary/aromatic N) is 1. The maximum Gasteiger partial charge on any atom is 0.248 e. The molecule has 0 aromatic carbocycles. The van der Waals surface area contributed by atoms with E-state index in [1.54, 1.807) is 12.0 Å². The zero-order valence-corrected chi connectivity index (χ0v) is 9.78. The number of carbonyl (C=O) groups excluding carboxylic acids is 2. The van der Waals surface area contributed by atoms with Crippen molar-refractivity contribution >= 4 is 11.8 Å². The van der Waals surface area contributed by atoms with Crippen molar-refractivity contribution in [3.8, 4) is 0 Å². The first-order valence-corrected chi connectivity index (χ1v) is 5.67. The highest BCUT2D eigenvalue weighted by molar-refractivity contribution is 5.98. The third kappa shape index (κ3) is 1.91. The van der Waals surface area contributed by atoms with Crippen LogP contribution in [0.15, 0.2) is 0 Å². The number of carbonyl (C=O) groups is 2. The van der Waals surface area contributed by atoms with Crippen LogP contribution in [0.4, 0.5) is 0 Å². The van der Waals surface area contributed by atoms with E-state index < -0.39 is 5.54 Å². The average Bonchev–Trinajstić information content (AvgIpc) is 3.05. The van der Waals surface area contributed by atoms with Gasteiger partial charge in [0.2, 0.25) is 11.8 Å². The predicted octanol–water partition coefficient (Wildman–Crippen LogP) is -0.240. The van der Waals surface area contributed by atoms with Crippen LogP contribution in [0.2, 0.25) is 0 Å². The highest BCUT2D eigenvalue weighted by Crippen LogP contribution is 2.41. The van der Waals surface area contributed by atoms with Crippen LogP contribution in [-0.4, -0.2) is 49.1 Å². The summed E-state index contributed by atoms with van der Waals surface area (Å²) >= 11 is 0. The molecule has 1 heterocycles. The molecule has 0 spiro atoms. The number of piperazine rings is 1.